The summed E-state index contributed by atoms with van der Waals surface area (Å²) in [5, 5.41) is 13.5. The van der Waals surface area contributed by atoms with E-state index in [0.717, 1.165) is 19.4 Å². The van der Waals surface area contributed by atoms with E-state index in [4.69, 9.17) is 4.52 Å². The predicted octanol–water partition coefficient (Wildman–Crippen LogP) is 1.92. The topological polar surface area (TPSA) is 79.5 Å². The minimum atomic E-state index is -0.157. The SMILES string of the molecule is CC1CCCN(C(=O)CCc2nc(C(C)(C)C)no2)C1CO. The molecule has 1 aliphatic heterocycles. The molecule has 2 rings (SSSR count). The summed E-state index contributed by atoms with van der Waals surface area (Å²) in [4.78, 5) is 18.6. The zero-order valence-corrected chi connectivity index (χ0v) is 14.0. The summed E-state index contributed by atoms with van der Waals surface area (Å²) in [6.07, 6.45) is 2.85. The van der Waals surface area contributed by atoms with Gasteiger partial charge in [0.15, 0.2) is 5.82 Å². The minimum Gasteiger partial charge on any atom is -0.394 e. The van der Waals surface area contributed by atoms with E-state index < -0.39 is 0 Å². The van der Waals surface area contributed by atoms with Gasteiger partial charge in [0, 0.05) is 24.8 Å². The van der Waals surface area contributed by atoms with Crippen LogP contribution in [-0.2, 0) is 16.6 Å². The Balaban J connectivity index is 1.93. The maximum Gasteiger partial charge on any atom is 0.227 e. The van der Waals surface area contributed by atoms with Crippen molar-refractivity contribution in [1.82, 2.24) is 15.0 Å². The number of aromatic nitrogens is 2. The molecule has 0 spiro atoms. The molecule has 0 aliphatic carbocycles. The van der Waals surface area contributed by atoms with Gasteiger partial charge in [-0.3, -0.25) is 4.79 Å². The molecule has 6 heteroatoms. The molecule has 0 saturated carbocycles. The highest BCUT2D eigenvalue weighted by molar-refractivity contribution is 5.76. The molecule has 22 heavy (non-hydrogen) atoms. The fraction of sp³-hybridized carbons (Fsp3) is 0.812. The van der Waals surface area contributed by atoms with Gasteiger partial charge in [-0.05, 0) is 18.8 Å². The zero-order chi connectivity index (χ0) is 16.3. The molecule has 1 fully saturated rings. The van der Waals surface area contributed by atoms with Crippen molar-refractivity contribution < 1.29 is 14.4 Å². The highest BCUT2D eigenvalue weighted by Crippen LogP contribution is 2.24. The number of carbonyl (C=O) groups excluding carboxylic acids is 1. The van der Waals surface area contributed by atoms with E-state index in [0.29, 0.717) is 30.5 Å². The maximum atomic E-state index is 12.4. The van der Waals surface area contributed by atoms with Crippen LogP contribution in [-0.4, -0.2) is 45.2 Å². The quantitative estimate of drug-likeness (QED) is 0.919. The number of carbonyl (C=O) groups is 1. The smallest absolute Gasteiger partial charge is 0.227 e. The van der Waals surface area contributed by atoms with Crippen LogP contribution in [0.15, 0.2) is 4.52 Å². The summed E-state index contributed by atoms with van der Waals surface area (Å²) in [6.45, 7) is 8.91. The van der Waals surface area contributed by atoms with Gasteiger partial charge in [-0.1, -0.05) is 32.9 Å². The summed E-state index contributed by atoms with van der Waals surface area (Å²) in [7, 11) is 0. The van der Waals surface area contributed by atoms with Crippen molar-refractivity contribution in [3.63, 3.8) is 0 Å². The van der Waals surface area contributed by atoms with Gasteiger partial charge in [-0.25, -0.2) is 0 Å². The van der Waals surface area contributed by atoms with Gasteiger partial charge in [-0.15, -0.1) is 0 Å². The summed E-state index contributed by atoms with van der Waals surface area (Å²) < 4.78 is 5.22. The Morgan fingerprint density at radius 3 is 2.77 bits per heavy atom. The van der Waals surface area contributed by atoms with Crippen molar-refractivity contribution in [3.05, 3.63) is 11.7 Å². The standard InChI is InChI=1S/C16H27N3O3/c1-11-6-5-9-19(12(11)10-20)14(21)8-7-13-17-15(18-22-13)16(2,3)4/h11-12,20H,5-10H2,1-4H3. The van der Waals surface area contributed by atoms with Crippen LogP contribution in [0.25, 0.3) is 0 Å². The molecule has 2 atom stereocenters. The molecule has 1 aromatic heterocycles. The first-order valence-electron chi connectivity index (χ1n) is 8.06. The third kappa shape index (κ3) is 3.85. The zero-order valence-electron chi connectivity index (χ0n) is 14.0. The third-order valence-electron chi connectivity index (χ3n) is 4.31. The van der Waals surface area contributed by atoms with Gasteiger partial charge in [0.05, 0.1) is 12.6 Å². The van der Waals surface area contributed by atoms with Gasteiger partial charge >= 0.3 is 0 Å². The number of hydrogen-bond donors (Lipinski definition) is 1. The third-order valence-corrected chi connectivity index (χ3v) is 4.31. The van der Waals surface area contributed by atoms with Crippen LogP contribution in [0.1, 0.15) is 58.7 Å². The van der Waals surface area contributed by atoms with Gasteiger partial charge in [-0.2, -0.15) is 4.98 Å². The number of piperidine rings is 1. The Bertz CT molecular complexity index is 507. The highest BCUT2D eigenvalue weighted by atomic mass is 16.5. The van der Waals surface area contributed by atoms with Gasteiger partial charge in [0.1, 0.15) is 0 Å². The van der Waals surface area contributed by atoms with E-state index >= 15 is 0 Å². The number of amides is 1. The van der Waals surface area contributed by atoms with Gasteiger partial charge in [0.25, 0.3) is 0 Å². The molecule has 0 bridgehead atoms. The lowest BCUT2D eigenvalue weighted by atomic mass is 9.91. The number of rotatable bonds is 4. The lowest BCUT2D eigenvalue weighted by Gasteiger charge is -2.39. The number of aliphatic hydroxyl groups excluding tert-OH is 1. The summed E-state index contributed by atoms with van der Waals surface area (Å²) in [6, 6.07) is -0.0610. The molecule has 1 aliphatic rings. The Morgan fingerprint density at radius 1 is 1.45 bits per heavy atom. The Kier molecular flexibility index (Phi) is 5.21. The number of aryl methyl sites for hydroxylation is 1. The number of hydrogen-bond acceptors (Lipinski definition) is 5. The van der Waals surface area contributed by atoms with E-state index in [2.05, 4.69) is 17.1 Å². The molecular weight excluding hydrogens is 282 g/mol. The van der Waals surface area contributed by atoms with Crippen LogP contribution in [0.3, 0.4) is 0 Å². The second-order valence-corrected chi connectivity index (χ2v) is 7.22. The van der Waals surface area contributed by atoms with Crippen molar-refractivity contribution >= 4 is 5.91 Å². The molecule has 2 unspecified atom stereocenters. The van der Waals surface area contributed by atoms with Crippen molar-refractivity contribution in [2.24, 2.45) is 5.92 Å². The van der Waals surface area contributed by atoms with E-state index in [-0.39, 0.29) is 24.0 Å². The van der Waals surface area contributed by atoms with E-state index in [1.54, 1.807) is 0 Å². The van der Waals surface area contributed by atoms with Crippen molar-refractivity contribution in [2.75, 3.05) is 13.2 Å². The Hall–Kier alpha value is -1.43. The lowest BCUT2D eigenvalue weighted by molar-refractivity contribution is -0.137. The predicted molar refractivity (Wildman–Crippen MR) is 82.3 cm³/mol. The summed E-state index contributed by atoms with van der Waals surface area (Å²) >= 11 is 0. The van der Waals surface area contributed by atoms with Crippen LogP contribution < -0.4 is 0 Å². The fourth-order valence-corrected chi connectivity index (χ4v) is 2.86. The molecule has 0 aromatic carbocycles. The number of likely N-dealkylation sites (tertiary alicyclic amines) is 1. The van der Waals surface area contributed by atoms with Gasteiger partial charge in [0.2, 0.25) is 11.8 Å². The largest absolute Gasteiger partial charge is 0.394 e. The van der Waals surface area contributed by atoms with Gasteiger partial charge < -0.3 is 14.5 Å². The van der Waals surface area contributed by atoms with Crippen LogP contribution in [0.5, 0.6) is 0 Å². The first kappa shape index (κ1) is 16.9. The molecule has 0 radical (unpaired) electrons. The van der Waals surface area contributed by atoms with Crippen molar-refractivity contribution in [1.29, 1.82) is 0 Å². The maximum absolute atomic E-state index is 12.4. The first-order chi connectivity index (χ1) is 10.3. The second kappa shape index (κ2) is 6.77. The summed E-state index contributed by atoms with van der Waals surface area (Å²) in [5.74, 6) is 1.57. The van der Waals surface area contributed by atoms with Crippen molar-refractivity contribution in [3.8, 4) is 0 Å². The molecule has 124 valence electrons. The lowest BCUT2D eigenvalue weighted by Crippen LogP contribution is -2.49. The average molecular weight is 309 g/mol. The van der Waals surface area contributed by atoms with Crippen LogP contribution >= 0.6 is 0 Å². The second-order valence-electron chi connectivity index (χ2n) is 7.22. The Morgan fingerprint density at radius 2 is 2.18 bits per heavy atom. The van der Waals surface area contributed by atoms with E-state index in [1.165, 1.54) is 0 Å². The van der Waals surface area contributed by atoms with Crippen LogP contribution in [0.2, 0.25) is 0 Å². The van der Waals surface area contributed by atoms with Crippen LogP contribution in [0.4, 0.5) is 0 Å². The molecule has 2 heterocycles. The molecule has 1 aromatic rings. The molecule has 1 N–H and O–H groups in total. The normalized spacial score (nSPS) is 22.9. The van der Waals surface area contributed by atoms with E-state index in [9.17, 15) is 9.90 Å². The fourth-order valence-electron chi connectivity index (χ4n) is 2.86. The monoisotopic (exact) mass is 309 g/mol. The van der Waals surface area contributed by atoms with Crippen LogP contribution in [0, 0.1) is 5.92 Å². The van der Waals surface area contributed by atoms with E-state index in [1.807, 2.05) is 25.7 Å². The molecular formula is C16H27N3O3. The molecule has 1 saturated heterocycles. The number of aliphatic hydroxyl groups is 1. The first-order valence-corrected chi connectivity index (χ1v) is 8.06. The average Bonchev–Trinajstić information content (AvgIpc) is 2.93. The number of nitrogens with zero attached hydrogens (tertiary/aromatic N) is 3. The Labute approximate surface area is 131 Å². The molecule has 6 nitrogen and oxygen atoms in total. The highest BCUT2D eigenvalue weighted by Gasteiger charge is 2.31. The molecule has 1 amide bonds. The minimum absolute atomic E-state index is 0.0294. The van der Waals surface area contributed by atoms with Crippen molar-refractivity contribution in [2.45, 2.75) is 64.8 Å². The summed E-state index contributed by atoms with van der Waals surface area (Å²) in [5.41, 5.74) is -0.157.